The number of nitrogens with two attached hydrogens (primary N) is 1. The predicted molar refractivity (Wildman–Crippen MR) is 68.2 cm³/mol. The van der Waals surface area contributed by atoms with Gasteiger partial charge in [0.1, 0.15) is 0 Å². The summed E-state index contributed by atoms with van der Waals surface area (Å²) in [6.45, 7) is 2.15. The second-order valence-corrected chi connectivity index (χ2v) is 4.07. The highest BCUT2D eigenvalue weighted by Gasteiger charge is 2.15. The van der Waals surface area contributed by atoms with Gasteiger partial charge in [-0.15, -0.1) is 0 Å². The van der Waals surface area contributed by atoms with Gasteiger partial charge < -0.3 is 0 Å². The molecule has 0 amide bonds. The number of aromatic nitrogens is 2. The van der Waals surface area contributed by atoms with Crippen LogP contribution in [0, 0.1) is 0 Å². The summed E-state index contributed by atoms with van der Waals surface area (Å²) in [4.78, 5) is 0. The van der Waals surface area contributed by atoms with E-state index in [9.17, 15) is 0 Å². The third-order valence-electron chi connectivity index (χ3n) is 3.04. The van der Waals surface area contributed by atoms with Gasteiger partial charge >= 0.3 is 0 Å². The summed E-state index contributed by atoms with van der Waals surface area (Å²) in [6.07, 6.45) is 2.83. The van der Waals surface area contributed by atoms with Crippen molar-refractivity contribution in [3.05, 3.63) is 53.3 Å². The lowest BCUT2D eigenvalue weighted by atomic mass is 10.0. The van der Waals surface area contributed by atoms with Crippen molar-refractivity contribution >= 4 is 0 Å². The SMILES string of the molecule is CCc1ccc(C(NN)c2ccnn2C)cc1. The van der Waals surface area contributed by atoms with Crippen LogP contribution in [0.2, 0.25) is 0 Å². The molecule has 3 N–H and O–H groups in total. The van der Waals surface area contributed by atoms with Gasteiger partial charge in [0.15, 0.2) is 0 Å². The monoisotopic (exact) mass is 230 g/mol. The van der Waals surface area contributed by atoms with E-state index >= 15 is 0 Å². The Morgan fingerprint density at radius 1 is 1.29 bits per heavy atom. The van der Waals surface area contributed by atoms with Gasteiger partial charge in [-0.3, -0.25) is 10.5 Å². The van der Waals surface area contributed by atoms with Crippen LogP contribution >= 0.6 is 0 Å². The quantitative estimate of drug-likeness (QED) is 0.618. The molecule has 0 aliphatic carbocycles. The van der Waals surface area contributed by atoms with Crippen molar-refractivity contribution in [1.29, 1.82) is 0 Å². The van der Waals surface area contributed by atoms with Crippen molar-refractivity contribution in [2.75, 3.05) is 0 Å². The fourth-order valence-electron chi connectivity index (χ4n) is 1.97. The molecule has 1 heterocycles. The molecule has 0 saturated heterocycles. The molecule has 17 heavy (non-hydrogen) atoms. The molecule has 4 nitrogen and oxygen atoms in total. The van der Waals surface area contributed by atoms with Crippen LogP contribution < -0.4 is 11.3 Å². The fraction of sp³-hybridized carbons (Fsp3) is 0.308. The van der Waals surface area contributed by atoms with E-state index in [4.69, 9.17) is 5.84 Å². The molecule has 1 atom stereocenters. The molecule has 0 radical (unpaired) electrons. The first-order valence-corrected chi connectivity index (χ1v) is 5.79. The normalized spacial score (nSPS) is 12.6. The molecule has 4 heteroatoms. The molecule has 0 aliphatic heterocycles. The highest BCUT2D eigenvalue weighted by Crippen LogP contribution is 2.20. The highest BCUT2D eigenvalue weighted by atomic mass is 15.3. The molecule has 2 rings (SSSR count). The molecule has 0 aliphatic rings. The molecule has 1 aromatic heterocycles. The number of hydrogen-bond acceptors (Lipinski definition) is 3. The van der Waals surface area contributed by atoms with Crippen molar-refractivity contribution in [2.45, 2.75) is 19.4 Å². The number of hydrazine groups is 1. The second kappa shape index (κ2) is 5.12. The molecular weight excluding hydrogens is 212 g/mol. The van der Waals surface area contributed by atoms with Gasteiger partial charge in [0.2, 0.25) is 0 Å². The van der Waals surface area contributed by atoms with E-state index in [1.54, 1.807) is 6.20 Å². The number of aryl methyl sites for hydroxylation is 2. The molecule has 90 valence electrons. The lowest BCUT2D eigenvalue weighted by Crippen LogP contribution is -2.30. The van der Waals surface area contributed by atoms with Crippen molar-refractivity contribution in [2.24, 2.45) is 12.9 Å². The number of rotatable bonds is 4. The predicted octanol–water partition coefficient (Wildman–Crippen LogP) is 1.54. The van der Waals surface area contributed by atoms with Gasteiger partial charge in [0, 0.05) is 13.2 Å². The van der Waals surface area contributed by atoms with Crippen molar-refractivity contribution in [3.63, 3.8) is 0 Å². The molecule has 0 saturated carbocycles. The van der Waals surface area contributed by atoms with Crippen LogP contribution in [0.3, 0.4) is 0 Å². The van der Waals surface area contributed by atoms with Crippen LogP contribution in [0.1, 0.15) is 29.8 Å². The summed E-state index contributed by atoms with van der Waals surface area (Å²) >= 11 is 0. The molecule has 2 aromatic rings. The zero-order chi connectivity index (χ0) is 12.3. The minimum Gasteiger partial charge on any atom is -0.271 e. The first-order valence-electron chi connectivity index (χ1n) is 5.79. The van der Waals surface area contributed by atoms with Crippen LogP contribution in [0.4, 0.5) is 0 Å². The Labute approximate surface area is 101 Å². The topological polar surface area (TPSA) is 55.9 Å². The van der Waals surface area contributed by atoms with E-state index in [0.29, 0.717) is 0 Å². The minimum atomic E-state index is -0.0200. The summed E-state index contributed by atoms with van der Waals surface area (Å²) in [7, 11) is 1.92. The molecule has 1 aromatic carbocycles. The molecule has 0 spiro atoms. The summed E-state index contributed by atoms with van der Waals surface area (Å²) < 4.78 is 1.83. The fourth-order valence-corrected chi connectivity index (χ4v) is 1.97. The average Bonchev–Trinajstić information content (AvgIpc) is 2.78. The first-order chi connectivity index (χ1) is 8.26. The maximum Gasteiger partial charge on any atom is 0.0878 e. The number of hydrogen-bond donors (Lipinski definition) is 2. The molecule has 1 unspecified atom stereocenters. The van der Waals surface area contributed by atoms with E-state index in [0.717, 1.165) is 17.7 Å². The van der Waals surface area contributed by atoms with Crippen molar-refractivity contribution in [1.82, 2.24) is 15.2 Å². The van der Waals surface area contributed by atoms with Gasteiger partial charge in [-0.1, -0.05) is 31.2 Å². The van der Waals surface area contributed by atoms with Crippen LogP contribution in [0.25, 0.3) is 0 Å². The van der Waals surface area contributed by atoms with Crippen LogP contribution in [-0.2, 0) is 13.5 Å². The lowest BCUT2D eigenvalue weighted by Gasteiger charge is -2.17. The van der Waals surface area contributed by atoms with Gasteiger partial charge in [-0.25, -0.2) is 5.43 Å². The van der Waals surface area contributed by atoms with Crippen molar-refractivity contribution < 1.29 is 0 Å². The van der Waals surface area contributed by atoms with Crippen molar-refractivity contribution in [3.8, 4) is 0 Å². The van der Waals surface area contributed by atoms with E-state index in [2.05, 4.69) is 41.7 Å². The Kier molecular flexibility index (Phi) is 3.56. The Balaban J connectivity index is 2.32. The number of benzene rings is 1. The summed E-state index contributed by atoms with van der Waals surface area (Å²) in [6, 6.07) is 10.4. The Morgan fingerprint density at radius 3 is 2.47 bits per heavy atom. The van der Waals surface area contributed by atoms with Gasteiger partial charge in [-0.2, -0.15) is 5.10 Å². The van der Waals surface area contributed by atoms with Crippen LogP contribution in [0.15, 0.2) is 36.5 Å². The number of nitrogens with zero attached hydrogens (tertiary/aromatic N) is 2. The summed E-state index contributed by atoms with van der Waals surface area (Å²) in [5.74, 6) is 5.64. The zero-order valence-electron chi connectivity index (χ0n) is 10.2. The third kappa shape index (κ3) is 2.38. The highest BCUT2D eigenvalue weighted by molar-refractivity contribution is 5.30. The Morgan fingerprint density at radius 2 is 2.00 bits per heavy atom. The van der Waals surface area contributed by atoms with Crippen LogP contribution in [-0.4, -0.2) is 9.78 Å². The summed E-state index contributed by atoms with van der Waals surface area (Å²) in [5.41, 5.74) is 6.37. The first kappa shape index (κ1) is 11.8. The van der Waals surface area contributed by atoms with Gasteiger partial charge in [0.25, 0.3) is 0 Å². The van der Waals surface area contributed by atoms with E-state index in [-0.39, 0.29) is 6.04 Å². The summed E-state index contributed by atoms with van der Waals surface area (Å²) in [5, 5.41) is 4.17. The van der Waals surface area contributed by atoms with Gasteiger partial charge in [-0.05, 0) is 23.6 Å². The van der Waals surface area contributed by atoms with E-state index in [1.165, 1.54) is 5.56 Å². The lowest BCUT2D eigenvalue weighted by molar-refractivity contribution is 0.575. The standard InChI is InChI=1S/C13H18N4/c1-3-10-4-6-11(7-5-10)13(16-14)12-8-9-15-17(12)2/h4-9,13,16H,3,14H2,1-2H3. The molecule has 0 fully saturated rings. The second-order valence-electron chi connectivity index (χ2n) is 4.07. The zero-order valence-corrected chi connectivity index (χ0v) is 10.2. The van der Waals surface area contributed by atoms with Gasteiger partial charge in [0.05, 0.1) is 11.7 Å². The maximum atomic E-state index is 5.64. The number of nitrogens with one attached hydrogen (secondary N) is 1. The van der Waals surface area contributed by atoms with E-state index < -0.39 is 0 Å². The molecule has 0 bridgehead atoms. The van der Waals surface area contributed by atoms with Crippen LogP contribution in [0.5, 0.6) is 0 Å². The smallest absolute Gasteiger partial charge is 0.0878 e. The Hall–Kier alpha value is -1.65. The van der Waals surface area contributed by atoms with E-state index in [1.807, 2.05) is 17.8 Å². The largest absolute Gasteiger partial charge is 0.271 e. The third-order valence-corrected chi connectivity index (χ3v) is 3.04. The maximum absolute atomic E-state index is 5.64. The Bertz CT molecular complexity index is 472. The minimum absolute atomic E-state index is 0.0200. The molecular formula is C13H18N4. The average molecular weight is 230 g/mol.